The molecule has 0 aliphatic rings. The van der Waals surface area contributed by atoms with Crippen LogP contribution in [-0.2, 0) is 4.79 Å². The van der Waals surface area contributed by atoms with Crippen molar-refractivity contribution in [2.45, 2.75) is 85.5 Å². The lowest BCUT2D eigenvalue weighted by Crippen LogP contribution is -2.03. The van der Waals surface area contributed by atoms with Gasteiger partial charge < -0.3 is 10.0 Å². The van der Waals surface area contributed by atoms with E-state index in [0.717, 1.165) is 44.1 Å². The normalized spacial score (nSPS) is 12.5. The molecule has 0 saturated heterocycles. The average molecular weight is 271 g/mol. The second-order valence-corrected chi connectivity index (χ2v) is 5.11. The van der Waals surface area contributed by atoms with Gasteiger partial charge in [0.2, 0.25) is 0 Å². The van der Waals surface area contributed by atoms with Gasteiger partial charge in [0.25, 0.3) is 0 Å². The summed E-state index contributed by atoms with van der Waals surface area (Å²) < 4.78 is 0. The van der Waals surface area contributed by atoms with E-state index >= 15 is 0 Å². The zero-order valence-corrected chi connectivity index (χ0v) is 13.3. The highest BCUT2D eigenvalue weighted by Crippen LogP contribution is 2.08. The van der Waals surface area contributed by atoms with E-state index in [9.17, 15) is 4.79 Å². The van der Waals surface area contributed by atoms with Gasteiger partial charge in [-0.25, -0.2) is 0 Å². The highest BCUT2D eigenvalue weighted by Gasteiger charge is 2.02. The van der Waals surface area contributed by atoms with Crippen molar-refractivity contribution < 1.29 is 10.0 Å². The third-order valence-electron chi connectivity index (χ3n) is 3.26. The fraction of sp³-hybridized carbons (Fsp3) is 0.875. The Kier molecular flexibility index (Phi) is 18.5. The van der Waals surface area contributed by atoms with Crippen LogP contribution in [-0.4, -0.2) is 17.2 Å². The van der Waals surface area contributed by atoms with Crippen LogP contribution in [0.2, 0.25) is 0 Å². The molecule has 0 bridgehead atoms. The summed E-state index contributed by atoms with van der Waals surface area (Å²) in [7, 11) is 0. The van der Waals surface area contributed by atoms with E-state index < -0.39 is 0 Å². The van der Waals surface area contributed by atoms with E-state index in [4.69, 9.17) is 5.21 Å². The highest BCUT2D eigenvalue weighted by atomic mass is 16.4. The Labute approximate surface area is 119 Å². The van der Waals surface area contributed by atoms with Crippen LogP contribution in [0.5, 0.6) is 0 Å². The molecule has 0 aromatic carbocycles. The topological polar surface area (TPSA) is 49.7 Å². The molecular formula is C16H33NO2. The first kappa shape index (κ1) is 20.5. The van der Waals surface area contributed by atoms with Crippen LogP contribution < -0.4 is 0 Å². The number of carbonyl (C=O) groups excluding carboxylic acids is 1. The van der Waals surface area contributed by atoms with Gasteiger partial charge in [-0.15, -0.1) is 0 Å². The molecular weight excluding hydrogens is 238 g/mol. The Morgan fingerprint density at radius 1 is 1.16 bits per heavy atom. The fourth-order valence-electron chi connectivity index (χ4n) is 1.63. The van der Waals surface area contributed by atoms with Crippen molar-refractivity contribution in [1.29, 1.82) is 0 Å². The van der Waals surface area contributed by atoms with Gasteiger partial charge in [0, 0.05) is 6.42 Å². The molecule has 114 valence electrons. The molecule has 1 unspecified atom stereocenters. The maximum atomic E-state index is 9.84. The maximum absolute atomic E-state index is 9.84. The summed E-state index contributed by atoms with van der Waals surface area (Å²) in [6.45, 7) is 8.52. The van der Waals surface area contributed by atoms with Crippen molar-refractivity contribution >= 4 is 12.0 Å². The van der Waals surface area contributed by atoms with Crippen molar-refractivity contribution in [3.05, 3.63) is 0 Å². The third kappa shape index (κ3) is 17.1. The molecule has 1 atom stereocenters. The number of rotatable bonds is 10. The Morgan fingerprint density at radius 2 is 1.79 bits per heavy atom. The van der Waals surface area contributed by atoms with Crippen LogP contribution in [0.4, 0.5) is 0 Å². The number of oxime groups is 1. The zero-order chi connectivity index (χ0) is 14.9. The van der Waals surface area contributed by atoms with Gasteiger partial charge in [-0.3, -0.25) is 0 Å². The molecule has 0 spiro atoms. The molecule has 0 amide bonds. The minimum absolute atomic E-state index is 0.644. The number of nitrogens with zero attached hydrogens (tertiary/aromatic N) is 1. The Morgan fingerprint density at radius 3 is 2.21 bits per heavy atom. The van der Waals surface area contributed by atoms with E-state index in [2.05, 4.69) is 25.9 Å². The molecule has 0 aromatic rings. The maximum Gasteiger partial charge on any atom is 0.119 e. The van der Waals surface area contributed by atoms with Crippen molar-refractivity contribution in [2.75, 3.05) is 0 Å². The second-order valence-electron chi connectivity index (χ2n) is 5.11. The van der Waals surface area contributed by atoms with Crippen LogP contribution in [0.25, 0.3) is 0 Å². The molecule has 19 heavy (non-hydrogen) atoms. The lowest BCUT2D eigenvalue weighted by molar-refractivity contribution is -0.107. The lowest BCUT2D eigenvalue weighted by atomic mass is 10.0. The average Bonchev–Trinajstić information content (AvgIpc) is 2.45. The Balaban J connectivity index is 0. The SMILES string of the molecule is CCC(CC(C)CC)=NO.CCCCCCCC=O. The predicted molar refractivity (Wildman–Crippen MR) is 83.0 cm³/mol. The molecule has 0 saturated carbocycles. The van der Waals surface area contributed by atoms with Gasteiger partial charge in [0.05, 0.1) is 5.71 Å². The minimum Gasteiger partial charge on any atom is -0.411 e. The smallest absolute Gasteiger partial charge is 0.119 e. The van der Waals surface area contributed by atoms with Crippen LogP contribution in [0, 0.1) is 5.92 Å². The Hall–Kier alpha value is -0.860. The molecule has 0 aliphatic heterocycles. The molecule has 0 heterocycles. The Bertz CT molecular complexity index is 215. The van der Waals surface area contributed by atoms with Gasteiger partial charge in [0.15, 0.2) is 0 Å². The molecule has 3 heteroatoms. The van der Waals surface area contributed by atoms with Gasteiger partial charge in [-0.1, -0.05) is 65.0 Å². The number of aldehydes is 1. The van der Waals surface area contributed by atoms with Crippen LogP contribution in [0.1, 0.15) is 85.5 Å². The molecule has 0 fully saturated rings. The third-order valence-corrected chi connectivity index (χ3v) is 3.26. The van der Waals surface area contributed by atoms with Crippen LogP contribution >= 0.6 is 0 Å². The largest absolute Gasteiger partial charge is 0.411 e. The number of unbranched alkanes of at least 4 members (excludes halogenated alkanes) is 5. The van der Waals surface area contributed by atoms with Crippen LogP contribution in [0.3, 0.4) is 0 Å². The lowest BCUT2D eigenvalue weighted by Gasteiger charge is -2.06. The summed E-state index contributed by atoms with van der Waals surface area (Å²) in [6.07, 6.45) is 10.9. The van der Waals surface area contributed by atoms with Crippen molar-refractivity contribution in [2.24, 2.45) is 11.1 Å². The standard InChI is InChI=1S/C8H17NO.C8H16O/c1-4-7(3)6-8(5-2)9-10;1-2-3-4-5-6-7-8-9/h7,10H,4-6H2,1-3H3;8H,2-7H2,1H3. The fourth-order valence-corrected chi connectivity index (χ4v) is 1.63. The van der Waals surface area contributed by atoms with Crippen LogP contribution in [0.15, 0.2) is 5.16 Å². The van der Waals surface area contributed by atoms with E-state index in [0.29, 0.717) is 5.92 Å². The molecule has 0 aliphatic carbocycles. The van der Waals surface area contributed by atoms with Crippen molar-refractivity contribution in [1.82, 2.24) is 0 Å². The van der Waals surface area contributed by atoms with E-state index in [1.54, 1.807) is 0 Å². The highest BCUT2D eigenvalue weighted by molar-refractivity contribution is 5.83. The molecule has 1 N–H and O–H groups in total. The predicted octanol–water partition coefficient (Wildman–Crippen LogP) is 5.21. The first-order valence-corrected chi connectivity index (χ1v) is 7.79. The van der Waals surface area contributed by atoms with E-state index in [1.165, 1.54) is 25.7 Å². The van der Waals surface area contributed by atoms with Crippen molar-refractivity contribution in [3.8, 4) is 0 Å². The summed E-state index contributed by atoms with van der Waals surface area (Å²) in [4.78, 5) is 9.84. The van der Waals surface area contributed by atoms with Gasteiger partial charge in [-0.2, -0.15) is 0 Å². The molecule has 0 rings (SSSR count). The van der Waals surface area contributed by atoms with Gasteiger partial charge >= 0.3 is 0 Å². The summed E-state index contributed by atoms with van der Waals surface area (Å²) in [5, 5.41) is 11.7. The summed E-state index contributed by atoms with van der Waals surface area (Å²) in [5.41, 5.74) is 0.911. The number of carbonyl (C=O) groups is 1. The second kappa shape index (κ2) is 17.1. The van der Waals surface area contributed by atoms with Gasteiger partial charge in [0.1, 0.15) is 6.29 Å². The summed E-state index contributed by atoms with van der Waals surface area (Å²) in [6, 6.07) is 0. The van der Waals surface area contributed by atoms with Crippen molar-refractivity contribution in [3.63, 3.8) is 0 Å². The summed E-state index contributed by atoms with van der Waals surface area (Å²) >= 11 is 0. The quantitative estimate of drug-likeness (QED) is 0.195. The molecule has 0 aromatic heterocycles. The van der Waals surface area contributed by atoms with E-state index in [-0.39, 0.29) is 0 Å². The molecule has 0 radical (unpaired) electrons. The van der Waals surface area contributed by atoms with Gasteiger partial charge in [-0.05, 0) is 25.2 Å². The van der Waals surface area contributed by atoms with E-state index in [1.807, 2.05) is 6.92 Å². The first-order chi connectivity index (χ1) is 9.15. The number of hydrogen-bond acceptors (Lipinski definition) is 3. The summed E-state index contributed by atoms with van der Waals surface area (Å²) in [5.74, 6) is 0.644. The molecule has 3 nitrogen and oxygen atoms in total. The monoisotopic (exact) mass is 271 g/mol. The first-order valence-electron chi connectivity index (χ1n) is 7.79. The number of hydrogen-bond donors (Lipinski definition) is 1. The zero-order valence-electron chi connectivity index (χ0n) is 13.3. The minimum atomic E-state index is 0.644.